The van der Waals surface area contributed by atoms with Crippen LogP contribution in [0, 0.1) is 6.92 Å². The van der Waals surface area contributed by atoms with Crippen molar-refractivity contribution in [2.24, 2.45) is 0 Å². The maximum atomic E-state index is 12.2. The quantitative estimate of drug-likeness (QED) is 0.770. The van der Waals surface area contributed by atoms with Crippen molar-refractivity contribution < 1.29 is 9.59 Å². The van der Waals surface area contributed by atoms with Gasteiger partial charge in [0.2, 0.25) is 0 Å². The molecule has 0 atom stereocenters. The molecule has 1 aromatic heterocycles. The third-order valence-electron chi connectivity index (χ3n) is 3.17. The molecule has 1 aliphatic rings. The predicted octanol–water partition coefficient (Wildman–Crippen LogP) is 2.19. The van der Waals surface area contributed by atoms with Crippen LogP contribution in [-0.2, 0) is 6.54 Å². The zero-order chi connectivity index (χ0) is 13.4. The van der Waals surface area contributed by atoms with Crippen molar-refractivity contribution in [2.75, 3.05) is 0 Å². The van der Waals surface area contributed by atoms with E-state index in [1.165, 1.54) is 4.90 Å². The highest BCUT2D eigenvalue weighted by Gasteiger charge is 2.35. The first-order valence-corrected chi connectivity index (χ1v) is 6.03. The molecule has 0 saturated heterocycles. The second-order valence-corrected chi connectivity index (χ2v) is 4.57. The van der Waals surface area contributed by atoms with E-state index in [0.717, 1.165) is 11.3 Å². The van der Waals surface area contributed by atoms with Gasteiger partial charge in [-0.05, 0) is 36.8 Å². The number of pyridine rings is 1. The lowest BCUT2D eigenvalue weighted by Gasteiger charge is -2.13. The maximum absolute atomic E-state index is 12.2. The number of hydrogen-bond donors (Lipinski definition) is 0. The molecule has 0 aliphatic carbocycles. The molecule has 19 heavy (non-hydrogen) atoms. The van der Waals surface area contributed by atoms with Crippen LogP contribution in [0.3, 0.4) is 0 Å². The Morgan fingerprint density at radius 2 is 1.68 bits per heavy atom. The van der Waals surface area contributed by atoms with Crippen LogP contribution in [0.5, 0.6) is 0 Å². The highest BCUT2D eigenvalue weighted by atomic mass is 16.2. The van der Waals surface area contributed by atoms with Gasteiger partial charge in [-0.1, -0.05) is 12.1 Å². The molecule has 4 heteroatoms. The summed E-state index contributed by atoms with van der Waals surface area (Å²) in [6, 6.07) is 10.6. The smallest absolute Gasteiger partial charge is 0.261 e. The third kappa shape index (κ3) is 1.91. The molecule has 1 aliphatic heterocycles. The molecular weight excluding hydrogens is 240 g/mol. The second-order valence-electron chi connectivity index (χ2n) is 4.57. The zero-order valence-corrected chi connectivity index (χ0v) is 10.5. The van der Waals surface area contributed by atoms with Gasteiger partial charge in [0, 0.05) is 6.20 Å². The summed E-state index contributed by atoms with van der Waals surface area (Å²) in [4.78, 5) is 29.8. The molecule has 0 unspecified atom stereocenters. The molecule has 94 valence electrons. The van der Waals surface area contributed by atoms with Gasteiger partial charge in [0.15, 0.2) is 0 Å². The Labute approximate surface area is 110 Å². The lowest BCUT2D eigenvalue weighted by atomic mass is 10.1. The number of carbonyl (C=O) groups excluding carboxylic acids is 2. The van der Waals surface area contributed by atoms with Crippen LogP contribution in [0.1, 0.15) is 32.0 Å². The SMILES string of the molecule is Cc1ccnc(CN2C(=O)c3ccccc3C2=O)c1. The molecule has 3 rings (SSSR count). The summed E-state index contributed by atoms with van der Waals surface area (Å²) in [7, 11) is 0. The van der Waals surface area contributed by atoms with Crippen LogP contribution in [0.2, 0.25) is 0 Å². The van der Waals surface area contributed by atoms with Gasteiger partial charge >= 0.3 is 0 Å². The van der Waals surface area contributed by atoms with E-state index < -0.39 is 0 Å². The van der Waals surface area contributed by atoms with Crippen molar-refractivity contribution in [2.45, 2.75) is 13.5 Å². The van der Waals surface area contributed by atoms with E-state index >= 15 is 0 Å². The summed E-state index contributed by atoms with van der Waals surface area (Å²) in [5.74, 6) is -0.493. The van der Waals surface area contributed by atoms with Gasteiger partial charge in [-0.3, -0.25) is 19.5 Å². The Hall–Kier alpha value is -2.49. The number of aromatic nitrogens is 1. The molecule has 0 N–H and O–H groups in total. The average Bonchev–Trinajstić information content (AvgIpc) is 2.65. The van der Waals surface area contributed by atoms with E-state index in [2.05, 4.69) is 4.98 Å². The van der Waals surface area contributed by atoms with Crippen LogP contribution in [0.15, 0.2) is 42.6 Å². The first-order valence-electron chi connectivity index (χ1n) is 6.03. The van der Waals surface area contributed by atoms with Gasteiger partial charge in [-0.2, -0.15) is 0 Å². The largest absolute Gasteiger partial charge is 0.269 e. The van der Waals surface area contributed by atoms with Crippen LogP contribution < -0.4 is 0 Å². The van der Waals surface area contributed by atoms with Crippen LogP contribution in [0.4, 0.5) is 0 Å². The van der Waals surface area contributed by atoms with E-state index in [-0.39, 0.29) is 18.4 Å². The van der Waals surface area contributed by atoms with E-state index in [1.807, 2.05) is 19.1 Å². The topological polar surface area (TPSA) is 50.3 Å². The zero-order valence-electron chi connectivity index (χ0n) is 10.5. The second kappa shape index (κ2) is 4.31. The van der Waals surface area contributed by atoms with Crippen molar-refractivity contribution in [3.8, 4) is 0 Å². The molecule has 2 aromatic rings. The summed E-state index contributed by atoms with van der Waals surface area (Å²) >= 11 is 0. The van der Waals surface area contributed by atoms with Crippen molar-refractivity contribution in [3.05, 3.63) is 65.0 Å². The predicted molar refractivity (Wildman–Crippen MR) is 69.6 cm³/mol. The van der Waals surface area contributed by atoms with Crippen molar-refractivity contribution >= 4 is 11.8 Å². The summed E-state index contributed by atoms with van der Waals surface area (Å²) in [5.41, 5.74) is 2.72. The molecule has 0 radical (unpaired) electrons. The number of aryl methyl sites for hydroxylation is 1. The normalized spacial score (nSPS) is 13.8. The molecule has 1 aromatic carbocycles. The number of benzene rings is 1. The number of imide groups is 1. The monoisotopic (exact) mass is 252 g/mol. The number of carbonyl (C=O) groups is 2. The number of amides is 2. The van der Waals surface area contributed by atoms with Crippen molar-refractivity contribution in [1.29, 1.82) is 0 Å². The Balaban J connectivity index is 1.92. The van der Waals surface area contributed by atoms with Crippen molar-refractivity contribution in [1.82, 2.24) is 9.88 Å². The summed E-state index contributed by atoms with van der Waals surface area (Å²) < 4.78 is 0. The standard InChI is InChI=1S/C15H12N2O2/c1-10-6-7-16-11(8-10)9-17-14(18)12-4-2-3-5-13(12)15(17)19/h2-8H,9H2,1H3. The number of fused-ring (bicyclic) bond motifs is 1. The Bertz CT molecular complexity index is 644. The van der Waals surface area contributed by atoms with Gasteiger partial charge in [-0.25, -0.2) is 0 Å². The molecule has 2 heterocycles. The van der Waals surface area contributed by atoms with E-state index in [0.29, 0.717) is 11.1 Å². The minimum absolute atomic E-state index is 0.216. The summed E-state index contributed by atoms with van der Waals surface area (Å²) in [5, 5.41) is 0. The van der Waals surface area contributed by atoms with Gasteiger partial charge in [0.1, 0.15) is 0 Å². The molecule has 0 bridgehead atoms. The fraction of sp³-hybridized carbons (Fsp3) is 0.133. The first kappa shape index (κ1) is 11.6. The van der Waals surface area contributed by atoms with Gasteiger partial charge < -0.3 is 0 Å². The summed E-state index contributed by atoms with van der Waals surface area (Å²) in [6.45, 7) is 2.17. The number of rotatable bonds is 2. The van der Waals surface area contributed by atoms with Crippen molar-refractivity contribution in [3.63, 3.8) is 0 Å². The number of hydrogen-bond acceptors (Lipinski definition) is 3. The molecule has 4 nitrogen and oxygen atoms in total. The minimum Gasteiger partial charge on any atom is -0.269 e. The lowest BCUT2D eigenvalue weighted by Crippen LogP contribution is -2.29. The highest BCUT2D eigenvalue weighted by Crippen LogP contribution is 2.23. The van der Waals surface area contributed by atoms with Gasteiger partial charge in [0.05, 0.1) is 23.4 Å². The van der Waals surface area contributed by atoms with Crippen LogP contribution >= 0.6 is 0 Å². The van der Waals surface area contributed by atoms with E-state index in [4.69, 9.17) is 0 Å². The molecule has 2 amide bonds. The first-order chi connectivity index (χ1) is 9.16. The average molecular weight is 252 g/mol. The molecule has 0 fully saturated rings. The van der Waals surface area contributed by atoms with Gasteiger partial charge in [0.25, 0.3) is 11.8 Å². The van der Waals surface area contributed by atoms with Gasteiger partial charge in [-0.15, -0.1) is 0 Å². The van der Waals surface area contributed by atoms with Crippen LogP contribution in [0.25, 0.3) is 0 Å². The molecular formula is C15H12N2O2. The third-order valence-corrected chi connectivity index (χ3v) is 3.17. The number of nitrogens with zero attached hydrogens (tertiary/aromatic N) is 2. The fourth-order valence-electron chi connectivity index (χ4n) is 2.23. The lowest BCUT2D eigenvalue weighted by molar-refractivity contribution is 0.0640. The minimum atomic E-state index is -0.246. The molecule has 0 saturated carbocycles. The maximum Gasteiger partial charge on any atom is 0.261 e. The van der Waals surface area contributed by atoms with E-state index in [1.54, 1.807) is 30.5 Å². The fourth-order valence-corrected chi connectivity index (χ4v) is 2.23. The van der Waals surface area contributed by atoms with E-state index in [9.17, 15) is 9.59 Å². The Kier molecular flexibility index (Phi) is 2.63. The Morgan fingerprint density at radius 1 is 1.05 bits per heavy atom. The summed E-state index contributed by atoms with van der Waals surface area (Å²) in [6.07, 6.45) is 1.68. The molecule has 0 spiro atoms. The highest BCUT2D eigenvalue weighted by molar-refractivity contribution is 6.21. The Morgan fingerprint density at radius 3 is 2.26 bits per heavy atom. The van der Waals surface area contributed by atoms with Crippen LogP contribution in [-0.4, -0.2) is 21.7 Å².